The molecule has 1 aliphatic rings. The molecule has 1 heterocycles. The lowest BCUT2D eigenvalue weighted by Gasteiger charge is -2.28. The van der Waals surface area contributed by atoms with Gasteiger partial charge < -0.3 is 10.1 Å². The van der Waals surface area contributed by atoms with Gasteiger partial charge in [0, 0.05) is 24.1 Å². The minimum atomic E-state index is -0.186. The molecule has 3 heteroatoms. The maximum Gasteiger partial charge on any atom is 0.123 e. The van der Waals surface area contributed by atoms with Crippen LogP contribution in [0, 0.1) is 5.82 Å². The first-order valence-corrected chi connectivity index (χ1v) is 5.77. The average molecular weight is 223 g/mol. The summed E-state index contributed by atoms with van der Waals surface area (Å²) in [5.41, 5.74) is 0.988. The Hall–Kier alpha value is -1.09. The second-order valence-corrected chi connectivity index (χ2v) is 4.47. The van der Waals surface area contributed by atoms with Gasteiger partial charge in [0.25, 0.3) is 0 Å². The highest BCUT2D eigenvalue weighted by atomic mass is 19.1. The molecule has 0 radical (unpaired) electrons. The monoisotopic (exact) mass is 223 g/mol. The number of piperidine rings is 1. The first kappa shape index (κ1) is 11.4. The Kier molecular flexibility index (Phi) is 3.44. The van der Waals surface area contributed by atoms with E-state index in [9.17, 15) is 4.39 Å². The lowest BCUT2D eigenvalue weighted by molar-refractivity contribution is 0.363. The maximum absolute atomic E-state index is 13.2. The van der Waals surface area contributed by atoms with Crippen LogP contribution in [0.5, 0.6) is 5.75 Å². The van der Waals surface area contributed by atoms with E-state index in [1.54, 1.807) is 19.2 Å². The number of ether oxygens (including phenoxy) is 1. The Morgan fingerprint density at radius 1 is 1.38 bits per heavy atom. The summed E-state index contributed by atoms with van der Waals surface area (Å²) < 4.78 is 18.5. The van der Waals surface area contributed by atoms with E-state index in [1.807, 2.05) is 0 Å². The van der Waals surface area contributed by atoms with E-state index in [0.717, 1.165) is 30.7 Å². The van der Waals surface area contributed by atoms with Gasteiger partial charge in [-0.25, -0.2) is 4.39 Å². The summed E-state index contributed by atoms with van der Waals surface area (Å²) in [6, 6.07) is 5.32. The average Bonchev–Trinajstić information content (AvgIpc) is 2.30. The number of halogens is 1. The summed E-state index contributed by atoms with van der Waals surface area (Å²) in [6.07, 6.45) is 2.22. The van der Waals surface area contributed by atoms with Crippen LogP contribution in [0.2, 0.25) is 0 Å². The molecule has 1 aromatic carbocycles. The van der Waals surface area contributed by atoms with Crippen molar-refractivity contribution >= 4 is 0 Å². The zero-order valence-electron chi connectivity index (χ0n) is 9.79. The molecular formula is C13H18FNO. The molecule has 1 aromatic rings. The van der Waals surface area contributed by atoms with Gasteiger partial charge in [-0.15, -0.1) is 0 Å². The number of hydrogen-bond acceptors (Lipinski definition) is 2. The van der Waals surface area contributed by atoms with Gasteiger partial charge in [0.05, 0.1) is 7.11 Å². The van der Waals surface area contributed by atoms with Crippen LogP contribution in [0.1, 0.15) is 31.2 Å². The standard InChI is InChI=1S/C13H18FNO/c1-9-3-4-10(8-15-9)12-7-11(14)5-6-13(12)16-2/h5-7,9-10,15H,3-4,8H2,1-2H3. The fourth-order valence-electron chi connectivity index (χ4n) is 2.29. The van der Waals surface area contributed by atoms with Crippen molar-refractivity contribution in [3.05, 3.63) is 29.6 Å². The number of nitrogens with one attached hydrogen (secondary N) is 1. The van der Waals surface area contributed by atoms with Crippen molar-refractivity contribution in [2.24, 2.45) is 0 Å². The third-order valence-electron chi connectivity index (χ3n) is 3.29. The van der Waals surface area contributed by atoms with Crippen molar-refractivity contribution < 1.29 is 9.13 Å². The van der Waals surface area contributed by atoms with Crippen molar-refractivity contribution in [1.29, 1.82) is 0 Å². The van der Waals surface area contributed by atoms with Crippen LogP contribution in [0.15, 0.2) is 18.2 Å². The third-order valence-corrected chi connectivity index (χ3v) is 3.29. The van der Waals surface area contributed by atoms with Gasteiger partial charge in [-0.05, 0) is 38.0 Å². The number of rotatable bonds is 2. The number of hydrogen-bond donors (Lipinski definition) is 1. The summed E-state index contributed by atoms with van der Waals surface area (Å²) in [5.74, 6) is 0.971. The fraction of sp³-hybridized carbons (Fsp3) is 0.538. The second-order valence-electron chi connectivity index (χ2n) is 4.47. The highest BCUT2D eigenvalue weighted by Crippen LogP contribution is 2.32. The zero-order valence-corrected chi connectivity index (χ0v) is 9.79. The van der Waals surface area contributed by atoms with Crippen LogP contribution >= 0.6 is 0 Å². The van der Waals surface area contributed by atoms with Gasteiger partial charge in [0.15, 0.2) is 0 Å². The molecule has 1 saturated heterocycles. The molecule has 2 rings (SSSR count). The zero-order chi connectivity index (χ0) is 11.5. The third kappa shape index (κ3) is 2.35. The van der Waals surface area contributed by atoms with E-state index in [1.165, 1.54) is 6.07 Å². The molecule has 0 aromatic heterocycles. The first-order valence-electron chi connectivity index (χ1n) is 5.77. The summed E-state index contributed by atoms with van der Waals surface area (Å²) in [4.78, 5) is 0. The summed E-state index contributed by atoms with van der Waals surface area (Å²) in [5, 5.41) is 3.42. The van der Waals surface area contributed by atoms with Crippen LogP contribution in [0.25, 0.3) is 0 Å². The van der Waals surface area contributed by atoms with Crippen LogP contribution in [-0.4, -0.2) is 19.7 Å². The first-order chi connectivity index (χ1) is 7.70. The molecule has 1 N–H and O–H groups in total. The molecule has 0 amide bonds. The van der Waals surface area contributed by atoms with Crippen LogP contribution < -0.4 is 10.1 Å². The van der Waals surface area contributed by atoms with Crippen LogP contribution in [0.4, 0.5) is 4.39 Å². The van der Waals surface area contributed by atoms with Gasteiger partial charge in [0.2, 0.25) is 0 Å². The van der Waals surface area contributed by atoms with E-state index in [4.69, 9.17) is 4.74 Å². The van der Waals surface area contributed by atoms with Crippen LogP contribution in [-0.2, 0) is 0 Å². The van der Waals surface area contributed by atoms with Gasteiger partial charge in [-0.3, -0.25) is 0 Å². The highest BCUT2D eigenvalue weighted by Gasteiger charge is 2.22. The molecule has 0 aliphatic carbocycles. The van der Waals surface area contributed by atoms with Crippen molar-refractivity contribution in [2.45, 2.75) is 31.7 Å². The lowest BCUT2D eigenvalue weighted by Crippen LogP contribution is -2.35. The molecule has 88 valence electrons. The Bertz CT molecular complexity index is 359. The number of methoxy groups -OCH3 is 1. The smallest absolute Gasteiger partial charge is 0.123 e. The molecule has 0 saturated carbocycles. The minimum absolute atomic E-state index is 0.186. The van der Waals surface area contributed by atoms with E-state index in [2.05, 4.69) is 12.2 Å². The Morgan fingerprint density at radius 2 is 2.19 bits per heavy atom. The predicted octanol–water partition coefficient (Wildman–Crippen LogP) is 2.69. The van der Waals surface area contributed by atoms with E-state index in [0.29, 0.717) is 12.0 Å². The summed E-state index contributed by atoms with van der Waals surface area (Å²) in [6.45, 7) is 3.08. The molecular weight excluding hydrogens is 205 g/mol. The van der Waals surface area contributed by atoms with Crippen molar-refractivity contribution in [3.63, 3.8) is 0 Å². The molecule has 1 aliphatic heterocycles. The molecule has 1 fully saturated rings. The number of benzene rings is 1. The highest BCUT2D eigenvalue weighted by molar-refractivity contribution is 5.37. The molecule has 0 bridgehead atoms. The van der Waals surface area contributed by atoms with Crippen LogP contribution in [0.3, 0.4) is 0 Å². The van der Waals surface area contributed by atoms with Gasteiger partial charge in [-0.1, -0.05) is 0 Å². The van der Waals surface area contributed by atoms with E-state index >= 15 is 0 Å². The maximum atomic E-state index is 13.2. The summed E-state index contributed by atoms with van der Waals surface area (Å²) >= 11 is 0. The molecule has 16 heavy (non-hydrogen) atoms. The van der Waals surface area contributed by atoms with Gasteiger partial charge >= 0.3 is 0 Å². The van der Waals surface area contributed by atoms with Gasteiger partial charge in [0.1, 0.15) is 11.6 Å². The molecule has 2 atom stereocenters. The van der Waals surface area contributed by atoms with E-state index in [-0.39, 0.29) is 5.82 Å². The summed E-state index contributed by atoms with van der Waals surface area (Å²) in [7, 11) is 1.63. The SMILES string of the molecule is COc1ccc(F)cc1C1CCC(C)NC1. The quantitative estimate of drug-likeness (QED) is 0.832. The van der Waals surface area contributed by atoms with Crippen molar-refractivity contribution in [1.82, 2.24) is 5.32 Å². The molecule has 0 spiro atoms. The van der Waals surface area contributed by atoms with Crippen molar-refractivity contribution in [3.8, 4) is 5.75 Å². The van der Waals surface area contributed by atoms with E-state index < -0.39 is 0 Å². The van der Waals surface area contributed by atoms with Crippen molar-refractivity contribution in [2.75, 3.05) is 13.7 Å². The Balaban J connectivity index is 2.21. The largest absolute Gasteiger partial charge is 0.496 e. The molecule has 2 nitrogen and oxygen atoms in total. The topological polar surface area (TPSA) is 21.3 Å². The predicted molar refractivity (Wildman–Crippen MR) is 62.4 cm³/mol. The fourth-order valence-corrected chi connectivity index (χ4v) is 2.29. The normalized spacial score (nSPS) is 25.4. The Morgan fingerprint density at radius 3 is 2.81 bits per heavy atom. The Labute approximate surface area is 95.8 Å². The minimum Gasteiger partial charge on any atom is -0.496 e. The molecule has 2 unspecified atom stereocenters. The van der Waals surface area contributed by atoms with Gasteiger partial charge in [-0.2, -0.15) is 0 Å². The lowest BCUT2D eigenvalue weighted by atomic mass is 9.88. The second kappa shape index (κ2) is 4.83.